The molecule has 3 heterocycles. The third-order valence-electron chi connectivity index (χ3n) is 5.36. The summed E-state index contributed by atoms with van der Waals surface area (Å²) in [6.45, 7) is 6.92. The summed E-state index contributed by atoms with van der Waals surface area (Å²) in [4.78, 5) is 20.7. The second-order valence-corrected chi connectivity index (χ2v) is 9.76. The number of rotatable bonds is 6. The molecule has 1 atom stereocenters. The molecule has 0 bridgehead atoms. The van der Waals surface area contributed by atoms with E-state index in [0.29, 0.717) is 18.3 Å². The molecule has 0 aliphatic carbocycles. The molecule has 0 saturated carbocycles. The predicted octanol–water partition coefficient (Wildman–Crippen LogP) is 4.98. The number of anilines is 2. The van der Waals surface area contributed by atoms with E-state index in [1.165, 1.54) is 23.5 Å². The van der Waals surface area contributed by atoms with E-state index in [1.54, 1.807) is 23.6 Å². The minimum atomic E-state index is -0.827. The third kappa shape index (κ3) is 4.40. The Kier molecular flexibility index (Phi) is 6.17. The van der Waals surface area contributed by atoms with Gasteiger partial charge in [0, 0.05) is 35.5 Å². The predicted molar refractivity (Wildman–Crippen MR) is 120 cm³/mol. The van der Waals surface area contributed by atoms with Crippen LogP contribution in [-0.4, -0.2) is 37.2 Å². The standard InChI is InChI=1S/C22H24FN3O2S2/c1-22(2,20(27)25-21-24-8-13-29-21)19(15-4-3-5-16(23)14-15)17-6-7-18(30-17)26-9-11-28-12-10-26/h3-8,13-14,19H,9-12H2,1-2H3,(H,24,25,27). The molecule has 1 aromatic carbocycles. The number of thiazole rings is 1. The normalized spacial score (nSPS) is 15.8. The Labute approximate surface area is 183 Å². The third-order valence-corrected chi connectivity index (χ3v) is 7.26. The lowest BCUT2D eigenvalue weighted by molar-refractivity contribution is -0.124. The second-order valence-electron chi connectivity index (χ2n) is 7.78. The summed E-state index contributed by atoms with van der Waals surface area (Å²) in [6, 6.07) is 10.7. The lowest BCUT2D eigenvalue weighted by atomic mass is 9.73. The first-order valence-electron chi connectivity index (χ1n) is 9.84. The molecule has 2 aromatic heterocycles. The maximum atomic E-state index is 14.1. The van der Waals surface area contributed by atoms with Crippen molar-refractivity contribution in [1.29, 1.82) is 0 Å². The number of halogens is 1. The van der Waals surface area contributed by atoms with Crippen LogP contribution in [-0.2, 0) is 9.53 Å². The van der Waals surface area contributed by atoms with E-state index < -0.39 is 5.41 Å². The average molecular weight is 446 g/mol. The van der Waals surface area contributed by atoms with Crippen molar-refractivity contribution in [2.45, 2.75) is 19.8 Å². The van der Waals surface area contributed by atoms with Crippen LogP contribution < -0.4 is 10.2 Å². The van der Waals surface area contributed by atoms with Crippen molar-refractivity contribution < 1.29 is 13.9 Å². The number of carbonyl (C=O) groups excluding carboxylic acids is 1. The van der Waals surface area contributed by atoms with Gasteiger partial charge in [-0.15, -0.1) is 22.7 Å². The Balaban J connectivity index is 1.69. The summed E-state index contributed by atoms with van der Waals surface area (Å²) in [6.07, 6.45) is 1.66. The molecule has 0 spiro atoms. The summed E-state index contributed by atoms with van der Waals surface area (Å²) < 4.78 is 19.6. The molecule has 4 rings (SSSR count). The van der Waals surface area contributed by atoms with Crippen molar-refractivity contribution >= 4 is 38.7 Å². The van der Waals surface area contributed by atoms with E-state index >= 15 is 0 Å². The Morgan fingerprint density at radius 1 is 1.27 bits per heavy atom. The molecule has 1 unspecified atom stereocenters. The second kappa shape index (κ2) is 8.83. The summed E-state index contributed by atoms with van der Waals surface area (Å²) in [5, 5.41) is 6.45. The number of morpholine rings is 1. The topological polar surface area (TPSA) is 54.5 Å². The van der Waals surface area contributed by atoms with Gasteiger partial charge in [-0.05, 0) is 29.8 Å². The van der Waals surface area contributed by atoms with E-state index in [-0.39, 0.29) is 17.6 Å². The minimum absolute atomic E-state index is 0.145. The van der Waals surface area contributed by atoms with Crippen LogP contribution in [0, 0.1) is 11.2 Å². The maximum Gasteiger partial charge on any atom is 0.232 e. The quantitative estimate of drug-likeness (QED) is 0.582. The first-order chi connectivity index (χ1) is 14.4. The first kappa shape index (κ1) is 21.0. The number of aromatic nitrogens is 1. The monoisotopic (exact) mass is 445 g/mol. The Morgan fingerprint density at radius 2 is 2.07 bits per heavy atom. The van der Waals surface area contributed by atoms with E-state index in [9.17, 15) is 9.18 Å². The van der Waals surface area contributed by atoms with Crippen LogP contribution in [0.3, 0.4) is 0 Å². The fourth-order valence-corrected chi connectivity index (χ4v) is 5.65. The van der Waals surface area contributed by atoms with Crippen LogP contribution >= 0.6 is 22.7 Å². The van der Waals surface area contributed by atoms with Gasteiger partial charge in [0.25, 0.3) is 0 Å². The van der Waals surface area contributed by atoms with E-state index in [2.05, 4.69) is 27.3 Å². The number of nitrogens with zero attached hydrogens (tertiary/aromatic N) is 2. The van der Waals surface area contributed by atoms with Crippen molar-refractivity contribution in [3.8, 4) is 0 Å². The molecule has 5 nitrogen and oxygen atoms in total. The lowest BCUT2D eigenvalue weighted by Crippen LogP contribution is -2.37. The van der Waals surface area contributed by atoms with E-state index in [4.69, 9.17) is 4.74 Å². The fraction of sp³-hybridized carbons (Fsp3) is 0.364. The highest BCUT2D eigenvalue weighted by molar-refractivity contribution is 7.16. The van der Waals surface area contributed by atoms with Crippen molar-refractivity contribution in [3.63, 3.8) is 0 Å². The molecule has 8 heteroatoms. The number of nitrogens with one attached hydrogen (secondary N) is 1. The van der Waals surface area contributed by atoms with Gasteiger partial charge in [0.2, 0.25) is 5.91 Å². The Hall–Kier alpha value is -2.29. The number of hydrogen-bond donors (Lipinski definition) is 1. The number of thiophene rings is 1. The highest BCUT2D eigenvalue weighted by atomic mass is 32.1. The van der Waals surface area contributed by atoms with Crippen LogP contribution in [0.25, 0.3) is 0 Å². The summed E-state index contributed by atoms with van der Waals surface area (Å²) in [5.74, 6) is -0.750. The largest absolute Gasteiger partial charge is 0.378 e. The summed E-state index contributed by atoms with van der Waals surface area (Å²) >= 11 is 3.03. The van der Waals surface area contributed by atoms with Crippen molar-refractivity contribution in [2.24, 2.45) is 5.41 Å². The molecule has 1 saturated heterocycles. The van der Waals surface area contributed by atoms with Gasteiger partial charge in [-0.25, -0.2) is 9.37 Å². The minimum Gasteiger partial charge on any atom is -0.378 e. The number of ether oxygens (including phenoxy) is 1. The van der Waals surface area contributed by atoms with E-state index in [0.717, 1.165) is 28.5 Å². The molecular formula is C22H24FN3O2S2. The average Bonchev–Trinajstić information content (AvgIpc) is 3.41. The Bertz CT molecular complexity index is 997. The molecule has 1 amide bonds. The van der Waals surface area contributed by atoms with Crippen molar-refractivity contribution in [1.82, 2.24) is 4.98 Å². The summed E-state index contributed by atoms with van der Waals surface area (Å²) in [5.41, 5.74) is -0.0447. The van der Waals surface area contributed by atoms with Crippen LogP contribution in [0.4, 0.5) is 14.5 Å². The van der Waals surface area contributed by atoms with Gasteiger partial charge < -0.3 is 15.0 Å². The molecule has 1 fully saturated rings. The van der Waals surface area contributed by atoms with Gasteiger partial charge in [-0.1, -0.05) is 26.0 Å². The van der Waals surface area contributed by atoms with E-state index in [1.807, 2.05) is 25.3 Å². The van der Waals surface area contributed by atoms with Gasteiger partial charge in [0.05, 0.1) is 23.6 Å². The molecule has 30 heavy (non-hydrogen) atoms. The molecular weight excluding hydrogens is 421 g/mol. The van der Waals surface area contributed by atoms with Crippen LogP contribution in [0.15, 0.2) is 48.0 Å². The highest BCUT2D eigenvalue weighted by Gasteiger charge is 2.40. The Morgan fingerprint density at radius 3 is 2.77 bits per heavy atom. The maximum absolute atomic E-state index is 14.1. The zero-order valence-corrected chi connectivity index (χ0v) is 18.6. The lowest BCUT2D eigenvalue weighted by Gasteiger charge is -2.33. The van der Waals surface area contributed by atoms with Gasteiger partial charge in [-0.2, -0.15) is 0 Å². The van der Waals surface area contributed by atoms with Gasteiger partial charge in [-0.3, -0.25) is 4.79 Å². The molecule has 1 N–H and O–H groups in total. The zero-order chi connectivity index (χ0) is 21.1. The molecule has 1 aliphatic heterocycles. The number of hydrogen-bond acceptors (Lipinski definition) is 6. The fourth-order valence-electron chi connectivity index (χ4n) is 3.75. The number of benzene rings is 1. The summed E-state index contributed by atoms with van der Waals surface area (Å²) in [7, 11) is 0. The van der Waals surface area contributed by atoms with Gasteiger partial charge >= 0.3 is 0 Å². The highest BCUT2D eigenvalue weighted by Crippen LogP contribution is 2.46. The SMILES string of the molecule is CC(C)(C(=O)Nc1nccs1)C(c1cccc(F)c1)c1ccc(N2CCOCC2)s1. The van der Waals surface area contributed by atoms with Crippen LogP contribution in [0.1, 0.15) is 30.2 Å². The van der Waals surface area contributed by atoms with Gasteiger partial charge in [0.1, 0.15) is 5.82 Å². The number of carbonyl (C=O) groups is 1. The first-order valence-corrected chi connectivity index (χ1v) is 11.5. The molecule has 3 aromatic rings. The van der Waals surface area contributed by atoms with Crippen molar-refractivity contribution in [2.75, 3.05) is 36.5 Å². The zero-order valence-electron chi connectivity index (χ0n) is 16.9. The molecule has 0 radical (unpaired) electrons. The van der Waals surface area contributed by atoms with Crippen LogP contribution in [0.5, 0.6) is 0 Å². The number of amides is 1. The molecule has 1 aliphatic rings. The molecule has 158 valence electrons. The smallest absolute Gasteiger partial charge is 0.232 e. The van der Waals surface area contributed by atoms with Crippen LogP contribution in [0.2, 0.25) is 0 Å². The van der Waals surface area contributed by atoms with Crippen molar-refractivity contribution in [3.05, 3.63) is 64.2 Å². The van der Waals surface area contributed by atoms with Gasteiger partial charge in [0.15, 0.2) is 5.13 Å².